The van der Waals surface area contributed by atoms with E-state index >= 15 is 0 Å². The number of ether oxygens (including phenoxy) is 2. The summed E-state index contributed by atoms with van der Waals surface area (Å²) in [4.78, 5) is 14.5. The molecule has 222 valence electrons. The van der Waals surface area contributed by atoms with Gasteiger partial charge in [0.25, 0.3) is 0 Å². The van der Waals surface area contributed by atoms with Crippen LogP contribution in [0, 0.1) is 11.3 Å². The highest BCUT2D eigenvalue weighted by molar-refractivity contribution is 6.41. The van der Waals surface area contributed by atoms with E-state index in [-0.39, 0.29) is 35.9 Å². The molecule has 2 aliphatic rings. The summed E-state index contributed by atoms with van der Waals surface area (Å²) in [5, 5.41) is 21.8. The first-order chi connectivity index (χ1) is 20.7. The summed E-state index contributed by atoms with van der Waals surface area (Å²) in [5.41, 5.74) is 4.34. The maximum absolute atomic E-state index is 12.3. The predicted molar refractivity (Wildman–Crippen MR) is 172 cm³/mol. The van der Waals surface area contributed by atoms with Crippen LogP contribution in [0.5, 0.6) is 5.75 Å². The Labute approximate surface area is 264 Å². The molecule has 3 aromatic carbocycles. The number of esters is 1. The van der Waals surface area contributed by atoms with Crippen molar-refractivity contribution < 1.29 is 19.4 Å². The van der Waals surface area contributed by atoms with E-state index in [1.807, 2.05) is 35.9 Å². The predicted octanol–water partition coefficient (Wildman–Crippen LogP) is 8.20. The number of nitrogens with one attached hydrogen (secondary N) is 1. The fourth-order valence-corrected chi connectivity index (χ4v) is 6.50. The number of carbonyl (C=O) groups excluding carboxylic acids is 1. The molecule has 4 aromatic rings. The normalized spacial score (nSPS) is 15.7. The monoisotopic (exact) mass is 637 g/mol. The zero-order valence-corrected chi connectivity index (χ0v) is 25.9. The Morgan fingerprint density at radius 3 is 2.40 bits per heavy atom. The maximum Gasteiger partial charge on any atom is 0.340 e. The lowest BCUT2D eigenvalue weighted by atomic mass is 9.90. The highest BCUT2D eigenvalue weighted by atomic mass is 35.5. The van der Waals surface area contributed by atoms with E-state index in [4.69, 9.17) is 49.7 Å². The summed E-state index contributed by atoms with van der Waals surface area (Å²) in [6.45, 7) is 1.54. The molecule has 10 heteroatoms. The van der Waals surface area contributed by atoms with Crippen molar-refractivity contribution in [3.8, 4) is 5.75 Å². The van der Waals surface area contributed by atoms with E-state index < -0.39 is 0 Å². The lowest BCUT2D eigenvalue weighted by Crippen LogP contribution is -2.45. The summed E-state index contributed by atoms with van der Waals surface area (Å²) in [6, 6.07) is 16.8. The van der Waals surface area contributed by atoms with Crippen LogP contribution in [0.25, 0.3) is 10.9 Å². The Kier molecular flexibility index (Phi) is 8.07. The second-order valence-electron chi connectivity index (χ2n) is 11.0. The number of nitrogens with zero attached hydrogens (tertiary/aromatic N) is 2. The molecule has 1 aromatic heterocycles. The first kappa shape index (κ1) is 29.4. The number of rotatable bonds is 9. The van der Waals surface area contributed by atoms with Gasteiger partial charge in [-0.3, -0.25) is 5.41 Å². The van der Waals surface area contributed by atoms with E-state index in [9.17, 15) is 9.90 Å². The molecule has 1 saturated heterocycles. The number of benzene rings is 3. The van der Waals surface area contributed by atoms with Crippen LogP contribution in [0.3, 0.4) is 0 Å². The number of aryl methyl sites for hydroxylation is 1. The van der Waals surface area contributed by atoms with Crippen LogP contribution in [0.2, 0.25) is 15.1 Å². The number of halogens is 3. The second-order valence-corrected chi connectivity index (χ2v) is 12.3. The molecule has 0 unspecified atom stereocenters. The van der Waals surface area contributed by atoms with Gasteiger partial charge in [0.05, 0.1) is 34.0 Å². The van der Waals surface area contributed by atoms with Crippen molar-refractivity contribution in [1.29, 1.82) is 5.41 Å². The zero-order chi connectivity index (χ0) is 30.4. The average molecular weight is 639 g/mol. The smallest absolute Gasteiger partial charge is 0.340 e. The highest BCUT2D eigenvalue weighted by Crippen LogP contribution is 2.40. The summed E-state index contributed by atoms with van der Waals surface area (Å²) in [5.74, 6) is 0.577. The van der Waals surface area contributed by atoms with Crippen molar-refractivity contribution in [2.24, 2.45) is 13.0 Å². The van der Waals surface area contributed by atoms with Gasteiger partial charge in [-0.15, -0.1) is 0 Å². The number of hydrogen-bond acceptors (Lipinski definition) is 6. The van der Waals surface area contributed by atoms with E-state index in [2.05, 4.69) is 11.0 Å². The number of aromatic nitrogens is 1. The van der Waals surface area contributed by atoms with Crippen LogP contribution in [0.1, 0.15) is 40.2 Å². The minimum atomic E-state index is -0.354. The first-order valence-electron chi connectivity index (χ1n) is 14.0. The second kappa shape index (κ2) is 11.8. The van der Waals surface area contributed by atoms with Crippen LogP contribution < -0.4 is 9.64 Å². The molecule has 7 nitrogen and oxygen atoms in total. The van der Waals surface area contributed by atoms with Gasteiger partial charge in [0.15, 0.2) is 0 Å². The molecule has 0 spiro atoms. The van der Waals surface area contributed by atoms with Gasteiger partial charge in [0.2, 0.25) is 0 Å². The lowest BCUT2D eigenvalue weighted by Gasteiger charge is -2.41. The Hall–Kier alpha value is -3.65. The molecule has 43 heavy (non-hydrogen) atoms. The largest absolute Gasteiger partial charge is 0.512 e. The number of allylic oxidation sites excluding steroid dienone is 1. The van der Waals surface area contributed by atoms with Gasteiger partial charge in [0.1, 0.15) is 18.1 Å². The third kappa shape index (κ3) is 5.69. The number of aliphatic hydroxyl groups excluding tert-OH is 1. The van der Waals surface area contributed by atoms with E-state index in [0.29, 0.717) is 37.5 Å². The molecule has 0 atom stereocenters. The summed E-state index contributed by atoms with van der Waals surface area (Å²) in [6.07, 6.45) is 3.52. The molecule has 0 radical (unpaired) electrons. The van der Waals surface area contributed by atoms with E-state index in [0.717, 1.165) is 48.1 Å². The van der Waals surface area contributed by atoms with E-state index in [1.165, 1.54) is 7.11 Å². The molecule has 6 rings (SSSR count). The first-order valence-corrected chi connectivity index (χ1v) is 15.1. The van der Waals surface area contributed by atoms with Crippen molar-refractivity contribution in [1.82, 2.24) is 4.57 Å². The molecule has 2 N–H and O–H groups in total. The van der Waals surface area contributed by atoms with Crippen LogP contribution in [0.15, 0.2) is 72.1 Å². The third-order valence-electron chi connectivity index (χ3n) is 8.21. The number of methoxy groups -OCH3 is 1. The average Bonchev–Trinajstić information content (AvgIpc) is 3.76. The molecular weight excluding hydrogens is 609 g/mol. The van der Waals surface area contributed by atoms with Crippen LogP contribution in [0.4, 0.5) is 5.69 Å². The number of fused-ring (bicyclic) bond motifs is 1. The minimum absolute atomic E-state index is 0.0161. The third-order valence-corrected chi connectivity index (χ3v) is 9.17. The van der Waals surface area contributed by atoms with Gasteiger partial charge in [-0.2, -0.15) is 0 Å². The van der Waals surface area contributed by atoms with Crippen molar-refractivity contribution in [3.05, 3.63) is 104 Å². The molecule has 1 aliphatic heterocycles. The van der Waals surface area contributed by atoms with Crippen molar-refractivity contribution >= 4 is 63.1 Å². The Balaban J connectivity index is 1.15. The van der Waals surface area contributed by atoms with Crippen molar-refractivity contribution in [3.63, 3.8) is 0 Å². The number of hydrogen-bond donors (Lipinski definition) is 2. The SMILES string of the molecule is COC(=O)c1cn(C)c2ccc(N3CC(c4ccc(OC/C(C(=N)c5c(Cl)cccc5Cl)=C(/O)C5CC5)cc4Cl)C3)cc12. The minimum Gasteiger partial charge on any atom is -0.512 e. The molecule has 2 heterocycles. The lowest BCUT2D eigenvalue weighted by molar-refractivity contribution is 0.0602. The molecule has 0 bridgehead atoms. The Morgan fingerprint density at radius 2 is 1.74 bits per heavy atom. The van der Waals surface area contributed by atoms with E-state index in [1.54, 1.807) is 30.5 Å². The molecule has 0 amide bonds. The van der Waals surface area contributed by atoms with Gasteiger partial charge < -0.3 is 24.0 Å². The molecule has 2 fully saturated rings. The standard InChI is InChI=1S/C33H30Cl3N3O4/c1-38-16-24(33(41)42-2)23-12-20(8-11-29(23)38)39-14-19(15-39)22-10-9-21(13-28(22)36)43-17-25(32(40)18-6-7-18)31(37)30-26(34)4-3-5-27(30)35/h3-5,8-13,16,18-19,37,40H,6-7,14-15,17H2,1-2H3/b32-25-,37-31?. The molecule has 1 aliphatic carbocycles. The maximum atomic E-state index is 12.3. The highest BCUT2D eigenvalue weighted by Gasteiger charge is 2.32. The van der Waals surface area contributed by atoms with Crippen LogP contribution >= 0.6 is 34.8 Å². The van der Waals surface area contributed by atoms with Gasteiger partial charge >= 0.3 is 5.97 Å². The van der Waals surface area contributed by atoms with Crippen LogP contribution in [-0.4, -0.2) is 48.2 Å². The number of carbonyl (C=O) groups is 1. The fourth-order valence-electron chi connectivity index (χ4n) is 5.58. The van der Waals surface area contributed by atoms with Crippen LogP contribution in [-0.2, 0) is 11.8 Å². The zero-order valence-electron chi connectivity index (χ0n) is 23.7. The quantitative estimate of drug-likeness (QED) is 0.110. The van der Waals surface area contributed by atoms with Gasteiger partial charge in [-0.25, -0.2) is 4.79 Å². The number of anilines is 1. The summed E-state index contributed by atoms with van der Waals surface area (Å²) < 4.78 is 12.9. The van der Waals surface area contributed by atoms with Crippen molar-refractivity contribution in [2.45, 2.75) is 18.8 Å². The molecular formula is C33H30Cl3N3O4. The Bertz CT molecular complexity index is 1770. The summed E-state index contributed by atoms with van der Waals surface area (Å²) in [7, 11) is 3.30. The van der Waals surface area contributed by atoms with Gasteiger partial charge in [0, 0.05) is 65.3 Å². The van der Waals surface area contributed by atoms with Gasteiger partial charge in [-0.1, -0.05) is 46.9 Å². The topological polar surface area (TPSA) is 87.8 Å². The number of aliphatic hydroxyl groups is 1. The molecule has 1 saturated carbocycles. The Morgan fingerprint density at radius 1 is 1.02 bits per heavy atom. The van der Waals surface area contributed by atoms with Gasteiger partial charge in [-0.05, 0) is 60.9 Å². The fraction of sp³-hybridized carbons (Fsp3) is 0.273. The summed E-state index contributed by atoms with van der Waals surface area (Å²) >= 11 is 19.5. The van der Waals surface area contributed by atoms with Crippen molar-refractivity contribution in [2.75, 3.05) is 31.7 Å².